The van der Waals surface area contributed by atoms with Gasteiger partial charge in [-0.05, 0) is 15.9 Å². The second-order valence-corrected chi connectivity index (χ2v) is 3.78. The van der Waals surface area contributed by atoms with Gasteiger partial charge < -0.3 is 0 Å². The second kappa shape index (κ2) is 5.07. The minimum Gasteiger partial charge on any atom is -0.244 e. The van der Waals surface area contributed by atoms with E-state index < -0.39 is 34.9 Å². The molecule has 0 aromatic carbocycles. The first kappa shape index (κ1) is 18.4. The molecule has 0 saturated heterocycles. The van der Waals surface area contributed by atoms with Crippen molar-refractivity contribution in [1.82, 2.24) is 0 Å². The molecule has 0 N–H and O–H groups in total. The molecule has 0 aliphatic rings. The fourth-order valence-corrected chi connectivity index (χ4v) is 0.776. The van der Waals surface area contributed by atoms with Crippen molar-refractivity contribution in [1.29, 1.82) is 0 Å². The van der Waals surface area contributed by atoms with Crippen molar-refractivity contribution in [3.8, 4) is 0 Å². The summed E-state index contributed by atoms with van der Waals surface area (Å²) in [4.78, 5) is -5.73. The molecule has 0 aromatic rings. The fraction of sp³-hybridized carbons (Fsp3) is 0.667. The molecule has 0 unspecified atom stereocenters. The first-order valence-electron chi connectivity index (χ1n) is 3.68. The van der Waals surface area contributed by atoms with Crippen LogP contribution in [0.5, 0.6) is 0 Å². The van der Waals surface area contributed by atoms with Crippen molar-refractivity contribution >= 4 is 15.9 Å². The predicted octanol–water partition coefficient (Wildman–Crippen LogP) is 4.89. The van der Waals surface area contributed by atoms with Gasteiger partial charge in [0, 0.05) is 0 Å². The molecular weight excluding hydrogens is 377 g/mol. The van der Waals surface area contributed by atoms with Crippen molar-refractivity contribution < 1.29 is 53.0 Å². The van der Waals surface area contributed by atoms with E-state index in [-0.39, 0.29) is 0 Å². The quantitative estimate of drug-likeness (QED) is 0.490. The fourth-order valence-electron chi connectivity index (χ4n) is 0.545. The third kappa shape index (κ3) is 3.70. The number of hydrogen-bond acceptors (Lipinski definition) is 1. The van der Waals surface area contributed by atoms with Crippen molar-refractivity contribution in [2.45, 2.75) is 23.0 Å². The molecule has 0 radical (unpaired) electrons. The minimum atomic E-state index is -6.66. The maximum atomic E-state index is 12.4. The molecule has 0 aromatic heterocycles. The Morgan fingerprint density at radius 2 is 1.16 bits per heavy atom. The molecule has 0 amide bonds. The van der Waals surface area contributed by atoms with Crippen molar-refractivity contribution in [2.24, 2.45) is 0 Å². The maximum absolute atomic E-state index is 12.4. The van der Waals surface area contributed by atoms with Gasteiger partial charge in [-0.15, -0.1) is 0 Å². The molecule has 19 heavy (non-hydrogen) atoms. The van der Waals surface area contributed by atoms with E-state index in [0.29, 0.717) is 0 Å². The molecule has 0 aliphatic carbocycles. The van der Waals surface area contributed by atoms with Crippen LogP contribution < -0.4 is 0 Å². The molecule has 0 saturated carbocycles. The van der Waals surface area contributed by atoms with Gasteiger partial charge in [0.05, 0.1) is 0 Å². The monoisotopic (exact) mass is 376 g/mol. The first-order chi connectivity index (χ1) is 8.06. The van der Waals surface area contributed by atoms with E-state index in [9.17, 15) is 48.3 Å². The van der Waals surface area contributed by atoms with Gasteiger partial charge in [0.25, 0.3) is 5.83 Å². The van der Waals surface area contributed by atoms with Crippen LogP contribution in [0.2, 0.25) is 0 Å². The molecule has 0 heterocycles. The second-order valence-electron chi connectivity index (χ2n) is 2.78. The molecule has 0 spiro atoms. The van der Waals surface area contributed by atoms with Crippen LogP contribution in [0.15, 0.2) is 11.9 Å². The largest absolute Gasteiger partial charge is 0.431 e. The van der Waals surface area contributed by atoms with E-state index in [4.69, 9.17) is 0 Å². The molecule has 1 nitrogen and oxygen atoms in total. The van der Waals surface area contributed by atoms with Gasteiger partial charge in [0.1, 0.15) is 0 Å². The summed E-state index contributed by atoms with van der Waals surface area (Å²) < 4.78 is 135. The average molecular weight is 377 g/mol. The highest BCUT2D eigenvalue weighted by Crippen LogP contribution is 2.51. The highest BCUT2D eigenvalue weighted by atomic mass is 79.9. The highest BCUT2D eigenvalue weighted by molar-refractivity contribution is 9.10. The summed E-state index contributed by atoms with van der Waals surface area (Å²) in [5.74, 6) is -10.5. The Hall–Kier alpha value is -0.590. The van der Waals surface area contributed by atoms with Crippen LogP contribution in [0.4, 0.5) is 48.3 Å². The van der Waals surface area contributed by atoms with Crippen molar-refractivity contribution in [3.05, 3.63) is 11.9 Å². The lowest BCUT2D eigenvalue weighted by atomic mass is 10.3. The van der Waals surface area contributed by atoms with Gasteiger partial charge in [-0.3, -0.25) is 0 Å². The maximum Gasteiger partial charge on any atom is 0.431 e. The van der Waals surface area contributed by atoms with E-state index in [2.05, 4.69) is 0 Å². The Kier molecular flexibility index (Phi) is 4.91. The SMILES string of the molecule is FC(F)=C(F)C(F)(F)OC(F)(F)C(F)(F)C(F)(F)Br. The topological polar surface area (TPSA) is 9.23 Å². The van der Waals surface area contributed by atoms with Crippen LogP contribution in [-0.4, -0.2) is 23.0 Å². The molecule has 0 atom stereocenters. The standard InChI is InChI=1S/C6BrF11O/c7-5(15,16)4(13,14)6(17,18)19-3(11,12)1(8)2(9)10. The van der Waals surface area contributed by atoms with Crippen LogP contribution in [0.3, 0.4) is 0 Å². The summed E-state index contributed by atoms with van der Waals surface area (Å²) in [6.45, 7) is 0. The number of rotatable bonds is 5. The Bertz CT molecular complexity index is 366. The van der Waals surface area contributed by atoms with Crippen LogP contribution in [0, 0.1) is 0 Å². The third-order valence-corrected chi connectivity index (χ3v) is 1.90. The summed E-state index contributed by atoms with van der Waals surface area (Å²) in [6, 6.07) is 0. The van der Waals surface area contributed by atoms with Crippen LogP contribution in [0.1, 0.15) is 0 Å². The zero-order valence-electron chi connectivity index (χ0n) is 7.94. The zero-order valence-corrected chi connectivity index (χ0v) is 9.53. The van der Waals surface area contributed by atoms with Gasteiger partial charge in [0.15, 0.2) is 0 Å². The Morgan fingerprint density at radius 3 is 1.42 bits per heavy atom. The number of ether oxygens (including phenoxy) is 1. The summed E-state index contributed by atoms with van der Waals surface area (Å²) >= 11 is 0.767. The van der Waals surface area contributed by atoms with E-state index >= 15 is 0 Å². The highest BCUT2D eigenvalue weighted by Gasteiger charge is 2.74. The molecular formula is C6BrF11O. The first-order valence-corrected chi connectivity index (χ1v) is 4.47. The summed E-state index contributed by atoms with van der Waals surface area (Å²) in [7, 11) is 0. The molecule has 13 heteroatoms. The van der Waals surface area contributed by atoms with Gasteiger partial charge in [-0.1, -0.05) is 0 Å². The van der Waals surface area contributed by atoms with Crippen LogP contribution in [-0.2, 0) is 4.74 Å². The lowest BCUT2D eigenvalue weighted by Crippen LogP contribution is -2.55. The molecule has 0 fully saturated rings. The van der Waals surface area contributed by atoms with Crippen molar-refractivity contribution in [2.75, 3.05) is 0 Å². The number of alkyl halides is 9. The van der Waals surface area contributed by atoms with E-state index in [0.717, 1.165) is 15.9 Å². The third-order valence-electron chi connectivity index (χ3n) is 1.40. The zero-order chi connectivity index (χ0) is 15.9. The summed E-state index contributed by atoms with van der Waals surface area (Å²) in [5, 5.41) is 0. The summed E-state index contributed by atoms with van der Waals surface area (Å²) in [6.07, 6.45) is -16.7. The summed E-state index contributed by atoms with van der Waals surface area (Å²) in [5.41, 5.74) is 0. The van der Waals surface area contributed by atoms with Gasteiger partial charge >= 0.3 is 29.1 Å². The smallest absolute Gasteiger partial charge is 0.244 e. The lowest BCUT2D eigenvalue weighted by molar-refractivity contribution is -0.441. The Balaban J connectivity index is 5.46. The van der Waals surface area contributed by atoms with Gasteiger partial charge in [-0.2, -0.15) is 48.3 Å². The van der Waals surface area contributed by atoms with Crippen LogP contribution >= 0.6 is 15.9 Å². The van der Waals surface area contributed by atoms with E-state index in [1.165, 1.54) is 0 Å². The molecule has 0 rings (SSSR count). The minimum absolute atomic E-state index is 0.767. The van der Waals surface area contributed by atoms with Crippen LogP contribution in [0.25, 0.3) is 0 Å². The molecule has 114 valence electrons. The normalized spacial score (nSPS) is 14.5. The molecule has 0 bridgehead atoms. The van der Waals surface area contributed by atoms with E-state index in [1.807, 2.05) is 0 Å². The van der Waals surface area contributed by atoms with E-state index in [1.54, 1.807) is 4.74 Å². The van der Waals surface area contributed by atoms with Crippen molar-refractivity contribution in [3.63, 3.8) is 0 Å². The van der Waals surface area contributed by atoms with Gasteiger partial charge in [-0.25, -0.2) is 4.74 Å². The number of hydrogen-bond donors (Lipinski definition) is 0. The molecule has 0 aliphatic heterocycles. The number of halogens is 12. The average Bonchev–Trinajstić information content (AvgIpc) is 2.12. The lowest BCUT2D eigenvalue weighted by Gasteiger charge is -2.30. The van der Waals surface area contributed by atoms with Gasteiger partial charge in [0.2, 0.25) is 0 Å². The predicted molar refractivity (Wildman–Crippen MR) is 40.2 cm³/mol. The Labute approximate surface area is 105 Å². The Morgan fingerprint density at radius 1 is 0.789 bits per heavy atom.